The molecule has 19 heavy (non-hydrogen) atoms. The molecule has 0 aliphatic heterocycles. The van der Waals surface area contributed by atoms with E-state index in [9.17, 15) is 9.59 Å². The third kappa shape index (κ3) is 4.52. The number of hydrogen-bond donors (Lipinski definition) is 2. The van der Waals surface area contributed by atoms with Crippen molar-refractivity contribution in [1.29, 1.82) is 5.26 Å². The lowest BCUT2D eigenvalue weighted by atomic mass is 10.2. The van der Waals surface area contributed by atoms with Crippen molar-refractivity contribution >= 4 is 17.5 Å². The minimum atomic E-state index is -0.740. The van der Waals surface area contributed by atoms with Crippen molar-refractivity contribution in [2.24, 2.45) is 0 Å². The van der Waals surface area contributed by atoms with Gasteiger partial charge in [-0.15, -0.1) is 0 Å². The van der Waals surface area contributed by atoms with Gasteiger partial charge in [-0.1, -0.05) is 0 Å². The van der Waals surface area contributed by atoms with Crippen molar-refractivity contribution in [3.63, 3.8) is 0 Å². The Hall–Kier alpha value is -2.81. The third-order valence-electron chi connectivity index (χ3n) is 2.13. The zero-order chi connectivity index (χ0) is 14.3. The Kier molecular flexibility index (Phi) is 5.11. The molecule has 0 heterocycles. The van der Waals surface area contributed by atoms with E-state index in [-0.39, 0.29) is 5.57 Å². The molecule has 0 aromatic heterocycles. The number of imide groups is 1. The minimum absolute atomic E-state index is 0.189. The summed E-state index contributed by atoms with van der Waals surface area (Å²) in [7, 11) is 1.56. The monoisotopic (exact) mass is 259 g/mol. The fourth-order valence-electron chi connectivity index (χ4n) is 1.22. The molecule has 0 aliphatic carbocycles. The zero-order valence-electron chi connectivity index (χ0n) is 10.6. The van der Waals surface area contributed by atoms with E-state index in [0.29, 0.717) is 11.4 Å². The molecule has 6 heteroatoms. The molecule has 6 nitrogen and oxygen atoms in total. The lowest BCUT2D eigenvalue weighted by Gasteiger charge is -2.04. The Bertz CT molecular complexity index is 541. The highest BCUT2D eigenvalue weighted by Crippen LogP contribution is 2.15. The number of nitrogens with one attached hydrogen (secondary N) is 2. The highest BCUT2D eigenvalue weighted by molar-refractivity contribution is 6.06. The second-order valence-corrected chi connectivity index (χ2v) is 3.55. The summed E-state index contributed by atoms with van der Waals surface area (Å²) in [5.41, 5.74) is 0.496. The number of nitriles is 1. The minimum Gasteiger partial charge on any atom is -0.497 e. The summed E-state index contributed by atoms with van der Waals surface area (Å²) in [6.07, 6.45) is 1.24. The number of amides is 2. The average Bonchev–Trinajstić information content (AvgIpc) is 2.39. The van der Waals surface area contributed by atoms with Crippen LogP contribution in [-0.2, 0) is 9.59 Å². The van der Waals surface area contributed by atoms with E-state index in [1.165, 1.54) is 13.1 Å². The Morgan fingerprint density at radius 1 is 1.32 bits per heavy atom. The smallest absolute Gasteiger partial charge is 0.269 e. The molecule has 98 valence electrons. The fourth-order valence-corrected chi connectivity index (χ4v) is 1.22. The van der Waals surface area contributed by atoms with Crippen LogP contribution < -0.4 is 15.4 Å². The lowest BCUT2D eigenvalue weighted by molar-refractivity contribution is -0.126. The van der Waals surface area contributed by atoms with Gasteiger partial charge >= 0.3 is 0 Å². The molecular formula is C13H13N3O3. The first-order valence-corrected chi connectivity index (χ1v) is 5.39. The van der Waals surface area contributed by atoms with Gasteiger partial charge in [0.05, 0.1) is 7.11 Å². The normalized spacial score (nSPS) is 10.3. The predicted molar refractivity (Wildman–Crippen MR) is 69.1 cm³/mol. The number of hydrogen-bond acceptors (Lipinski definition) is 5. The van der Waals surface area contributed by atoms with E-state index >= 15 is 0 Å². The number of carbonyl (C=O) groups excluding carboxylic acids is 2. The topological polar surface area (TPSA) is 91.2 Å². The lowest BCUT2D eigenvalue weighted by Crippen LogP contribution is -2.29. The maximum Gasteiger partial charge on any atom is 0.269 e. The second kappa shape index (κ2) is 6.81. The van der Waals surface area contributed by atoms with E-state index < -0.39 is 11.8 Å². The highest BCUT2D eigenvalue weighted by atomic mass is 16.5. The molecule has 0 saturated carbocycles. The number of carbonyl (C=O) groups is 2. The fraction of sp³-hybridized carbons (Fsp3) is 0.154. The molecule has 0 saturated heterocycles. The molecule has 1 aromatic carbocycles. The highest BCUT2D eigenvalue weighted by Gasteiger charge is 2.09. The summed E-state index contributed by atoms with van der Waals surface area (Å²) in [5.74, 6) is -0.559. The summed E-state index contributed by atoms with van der Waals surface area (Å²) in [4.78, 5) is 22.1. The van der Waals surface area contributed by atoms with E-state index in [2.05, 4.69) is 5.32 Å². The summed E-state index contributed by atoms with van der Waals surface area (Å²) in [5, 5.41) is 13.6. The number of methoxy groups -OCH3 is 1. The van der Waals surface area contributed by atoms with Crippen LogP contribution in [-0.4, -0.2) is 18.9 Å². The molecule has 2 amide bonds. The Morgan fingerprint density at radius 2 is 1.95 bits per heavy atom. The SMILES string of the molecule is COc1ccc(N/C=C(\C#N)C(=O)NC(C)=O)cc1. The maximum atomic E-state index is 11.4. The van der Waals surface area contributed by atoms with E-state index in [4.69, 9.17) is 10.00 Å². The molecule has 0 radical (unpaired) electrons. The first kappa shape index (κ1) is 14.3. The van der Waals surface area contributed by atoms with Crippen LogP contribution in [0.4, 0.5) is 5.69 Å². The largest absolute Gasteiger partial charge is 0.497 e. The van der Waals surface area contributed by atoms with Crippen molar-refractivity contribution in [3.05, 3.63) is 36.0 Å². The van der Waals surface area contributed by atoms with E-state index in [0.717, 1.165) is 0 Å². The summed E-state index contributed by atoms with van der Waals surface area (Å²) >= 11 is 0. The Balaban J connectivity index is 2.74. The van der Waals surface area contributed by atoms with Crippen molar-refractivity contribution in [1.82, 2.24) is 5.32 Å². The quantitative estimate of drug-likeness (QED) is 0.625. The standard InChI is InChI=1S/C13H13N3O3/c1-9(17)16-13(18)10(7-14)8-15-11-3-5-12(19-2)6-4-11/h3-6,8,15H,1-2H3,(H,16,17,18)/b10-8+. The van der Waals surface area contributed by atoms with Gasteiger partial charge < -0.3 is 10.1 Å². The molecule has 0 fully saturated rings. The van der Waals surface area contributed by atoms with Gasteiger partial charge in [0.15, 0.2) is 0 Å². The van der Waals surface area contributed by atoms with Crippen molar-refractivity contribution < 1.29 is 14.3 Å². The van der Waals surface area contributed by atoms with E-state index in [1.54, 1.807) is 37.4 Å². The number of anilines is 1. The zero-order valence-corrected chi connectivity index (χ0v) is 10.6. The number of rotatable bonds is 4. The summed E-state index contributed by atoms with van der Waals surface area (Å²) < 4.78 is 5.00. The van der Waals surface area contributed by atoms with Crippen LogP contribution in [0.2, 0.25) is 0 Å². The first-order chi connectivity index (χ1) is 9.06. The molecule has 0 spiro atoms. The predicted octanol–water partition coefficient (Wildman–Crippen LogP) is 1.18. The molecule has 2 N–H and O–H groups in total. The van der Waals surface area contributed by atoms with Crippen LogP contribution in [0.5, 0.6) is 5.75 Å². The molecule has 1 rings (SSSR count). The Morgan fingerprint density at radius 3 is 2.42 bits per heavy atom. The first-order valence-electron chi connectivity index (χ1n) is 5.39. The number of ether oxygens (including phenoxy) is 1. The van der Waals surface area contributed by atoms with Crippen LogP contribution >= 0.6 is 0 Å². The molecule has 1 aromatic rings. The van der Waals surface area contributed by atoms with Crippen LogP contribution in [0, 0.1) is 11.3 Å². The second-order valence-electron chi connectivity index (χ2n) is 3.55. The number of benzene rings is 1. The molecular weight excluding hydrogens is 246 g/mol. The van der Waals surface area contributed by atoms with Gasteiger partial charge in [-0.05, 0) is 24.3 Å². The third-order valence-corrected chi connectivity index (χ3v) is 2.13. The Labute approximate surface area is 110 Å². The molecule has 0 atom stereocenters. The van der Waals surface area contributed by atoms with Crippen molar-refractivity contribution in [2.75, 3.05) is 12.4 Å². The van der Waals surface area contributed by atoms with Crippen LogP contribution in [0.3, 0.4) is 0 Å². The number of nitrogens with zero attached hydrogens (tertiary/aromatic N) is 1. The van der Waals surface area contributed by atoms with Gasteiger partial charge in [-0.3, -0.25) is 14.9 Å². The van der Waals surface area contributed by atoms with Crippen molar-refractivity contribution in [2.45, 2.75) is 6.92 Å². The van der Waals surface area contributed by atoms with Gasteiger partial charge in [0.1, 0.15) is 17.4 Å². The van der Waals surface area contributed by atoms with Gasteiger partial charge in [0, 0.05) is 18.8 Å². The van der Waals surface area contributed by atoms with Gasteiger partial charge in [-0.25, -0.2) is 0 Å². The van der Waals surface area contributed by atoms with Gasteiger partial charge in [0.25, 0.3) is 5.91 Å². The van der Waals surface area contributed by atoms with Crippen LogP contribution in [0.25, 0.3) is 0 Å². The van der Waals surface area contributed by atoms with Gasteiger partial charge in [0.2, 0.25) is 5.91 Å². The molecule has 0 unspecified atom stereocenters. The maximum absolute atomic E-state index is 11.4. The summed E-state index contributed by atoms with van der Waals surface area (Å²) in [6.45, 7) is 1.20. The average molecular weight is 259 g/mol. The van der Waals surface area contributed by atoms with Crippen molar-refractivity contribution in [3.8, 4) is 11.8 Å². The van der Waals surface area contributed by atoms with Crippen LogP contribution in [0.15, 0.2) is 36.0 Å². The molecule has 0 aliphatic rings. The summed E-state index contributed by atoms with van der Waals surface area (Å²) in [6, 6.07) is 8.64. The molecule has 0 bridgehead atoms. The van der Waals surface area contributed by atoms with Gasteiger partial charge in [-0.2, -0.15) is 5.26 Å². The van der Waals surface area contributed by atoms with Crippen LogP contribution in [0.1, 0.15) is 6.92 Å². The van der Waals surface area contributed by atoms with E-state index in [1.807, 2.05) is 5.32 Å².